The molecule has 0 spiro atoms. The summed E-state index contributed by atoms with van der Waals surface area (Å²) in [7, 11) is 0. The average Bonchev–Trinajstić information content (AvgIpc) is 1.69. The van der Waals surface area contributed by atoms with Crippen molar-refractivity contribution in [2.75, 3.05) is 6.61 Å². The monoisotopic (exact) mass is 99.1 g/mol. The molecule has 0 aromatic carbocycles. The van der Waals surface area contributed by atoms with Crippen molar-refractivity contribution in [3.63, 3.8) is 0 Å². The number of hydrogen-bond donors (Lipinski definition) is 1. The number of aliphatic hydroxyl groups excluding tert-OH is 1. The Morgan fingerprint density at radius 2 is 2.29 bits per heavy atom. The Morgan fingerprint density at radius 3 is 2.71 bits per heavy atom. The second-order valence-corrected chi connectivity index (χ2v) is 1.27. The lowest BCUT2D eigenvalue weighted by Gasteiger charge is -1.79. The minimum absolute atomic E-state index is 0.254. The zero-order valence-electron chi connectivity index (χ0n) is 4.59. The summed E-state index contributed by atoms with van der Waals surface area (Å²) in [6, 6.07) is 0. The Morgan fingerprint density at radius 1 is 1.57 bits per heavy atom. The number of rotatable bonds is 3. The van der Waals surface area contributed by atoms with E-state index >= 15 is 0 Å². The van der Waals surface area contributed by atoms with E-state index in [0.29, 0.717) is 0 Å². The first-order valence-corrected chi connectivity index (χ1v) is 2.47. The molecule has 0 unspecified atom stereocenters. The third kappa shape index (κ3) is 5.70. The van der Waals surface area contributed by atoms with E-state index in [2.05, 4.69) is 0 Å². The average molecular weight is 99.2 g/mol. The summed E-state index contributed by atoms with van der Waals surface area (Å²) >= 11 is 0. The molecular weight excluding hydrogens is 88.1 g/mol. The second-order valence-electron chi connectivity index (χ2n) is 1.27. The second kappa shape index (κ2) is 5.70. The van der Waals surface area contributed by atoms with E-state index in [1.54, 1.807) is 0 Å². The van der Waals surface area contributed by atoms with Gasteiger partial charge in [-0.25, -0.2) is 0 Å². The van der Waals surface area contributed by atoms with Crippen molar-refractivity contribution in [2.24, 2.45) is 0 Å². The van der Waals surface area contributed by atoms with Gasteiger partial charge in [-0.15, -0.1) is 0 Å². The highest BCUT2D eigenvalue weighted by Gasteiger charge is 1.69. The summed E-state index contributed by atoms with van der Waals surface area (Å²) in [4.78, 5) is 0. The summed E-state index contributed by atoms with van der Waals surface area (Å²) < 4.78 is 0. The van der Waals surface area contributed by atoms with Crippen LogP contribution in [0.4, 0.5) is 0 Å². The van der Waals surface area contributed by atoms with Crippen molar-refractivity contribution in [2.45, 2.75) is 13.3 Å². The van der Waals surface area contributed by atoms with Crippen LogP contribution < -0.4 is 0 Å². The highest BCUT2D eigenvalue weighted by Crippen LogP contribution is 1.81. The smallest absolute Gasteiger partial charge is 0.0465 e. The molecule has 0 aliphatic carbocycles. The topological polar surface area (TPSA) is 20.2 Å². The summed E-state index contributed by atoms with van der Waals surface area (Å²) in [5.41, 5.74) is 0. The van der Waals surface area contributed by atoms with Gasteiger partial charge in [-0.3, -0.25) is 0 Å². The molecule has 0 saturated heterocycles. The Bertz CT molecular complexity index is 48.1. The quantitative estimate of drug-likeness (QED) is 0.562. The molecule has 0 aliphatic rings. The first-order chi connectivity index (χ1) is 3.41. The van der Waals surface area contributed by atoms with Crippen molar-refractivity contribution in [3.8, 4) is 0 Å². The molecule has 7 heavy (non-hydrogen) atoms. The minimum atomic E-state index is 0.254. The molecule has 1 radical (unpaired) electrons. The highest BCUT2D eigenvalue weighted by atomic mass is 16.2. The van der Waals surface area contributed by atoms with Crippen LogP contribution in [-0.2, 0) is 0 Å². The van der Waals surface area contributed by atoms with Crippen LogP contribution in [0.1, 0.15) is 13.3 Å². The molecule has 0 amide bonds. The molecular formula is C6H11O. The van der Waals surface area contributed by atoms with Crippen molar-refractivity contribution in [1.82, 2.24) is 0 Å². The van der Waals surface area contributed by atoms with Crippen molar-refractivity contribution in [3.05, 3.63) is 18.6 Å². The first kappa shape index (κ1) is 6.70. The van der Waals surface area contributed by atoms with E-state index in [0.717, 1.165) is 6.42 Å². The Labute approximate surface area is 44.7 Å². The number of allylic oxidation sites excluding steroid dienone is 1. The van der Waals surface area contributed by atoms with Crippen LogP contribution in [0.25, 0.3) is 0 Å². The van der Waals surface area contributed by atoms with E-state index in [1.807, 2.05) is 25.5 Å². The van der Waals surface area contributed by atoms with Crippen LogP contribution >= 0.6 is 0 Å². The Kier molecular flexibility index (Phi) is 5.46. The fourth-order valence-corrected chi connectivity index (χ4v) is 0.307. The Hall–Kier alpha value is -0.300. The van der Waals surface area contributed by atoms with Crippen LogP contribution in [0.2, 0.25) is 0 Å². The maximum atomic E-state index is 8.23. The fourth-order valence-electron chi connectivity index (χ4n) is 0.307. The first-order valence-electron chi connectivity index (χ1n) is 2.47. The lowest BCUT2D eigenvalue weighted by Crippen LogP contribution is -1.74. The molecule has 0 aromatic rings. The maximum Gasteiger partial charge on any atom is 0.0465 e. The number of aliphatic hydroxyl groups is 1. The van der Waals surface area contributed by atoms with Gasteiger partial charge in [0.05, 0.1) is 0 Å². The molecule has 1 N–H and O–H groups in total. The van der Waals surface area contributed by atoms with Gasteiger partial charge in [0.15, 0.2) is 0 Å². The molecule has 41 valence electrons. The molecule has 0 rings (SSSR count). The SMILES string of the molecule is C[CH]C=CCCO. The van der Waals surface area contributed by atoms with E-state index in [9.17, 15) is 0 Å². The van der Waals surface area contributed by atoms with E-state index in [1.165, 1.54) is 0 Å². The van der Waals surface area contributed by atoms with Crippen molar-refractivity contribution < 1.29 is 5.11 Å². The summed E-state index contributed by atoms with van der Waals surface area (Å²) in [5.74, 6) is 0. The summed E-state index contributed by atoms with van der Waals surface area (Å²) in [6.45, 7) is 2.21. The lowest BCUT2D eigenvalue weighted by molar-refractivity contribution is 0.302. The van der Waals surface area contributed by atoms with Gasteiger partial charge >= 0.3 is 0 Å². The molecule has 0 aromatic heterocycles. The molecule has 1 heteroatoms. The molecule has 0 bridgehead atoms. The van der Waals surface area contributed by atoms with Gasteiger partial charge in [-0.1, -0.05) is 19.1 Å². The van der Waals surface area contributed by atoms with Crippen molar-refractivity contribution in [1.29, 1.82) is 0 Å². The molecule has 0 fully saturated rings. The molecule has 1 nitrogen and oxygen atoms in total. The predicted octanol–water partition coefficient (Wildman–Crippen LogP) is 1.15. The van der Waals surface area contributed by atoms with Crippen LogP contribution in [0, 0.1) is 6.42 Å². The van der Waals surface area contributed by atoms with Gasteiger partial charge in [-0.2, -0.15) is 0 Å². The normalized spacial score (nSPS) is 10.6. The van der Waals surface area contributed by atoms with Gasteiger partial charge in [0.1, 0.15) is 0 Å². The van der Waals surface area contributed by atoms with Gasteiger partial charge in [0.25, 0.3) is 0 Å². The van der Waals surface area contributed by atoms with E-state index in [4.69, 9.17) is 5.11 Å². The van der Waals surface area contributed by atoms with E-state index in [-0.39, 0.29) is 6.61 Å². The largest absolute Gasteiger partial charge is 0.396 e. The lowest BCUT2D eigenvalue weighted by atomic mass is 10.3. The third-order valence-corrected chi connectivity index (χ3v) is 0.624. The van der Waals surface area contributed by atoms with Gasteiger partial charge < -0.3 is 5.11 Å². The van der Waals surface area contributed by atoms with Crippen LogP contribution in [0.3, 0.4) is 0 Å². The van der Waals surface area contributed by atoms with Crippen LogP contribution in [0.15, 0.2) is 12.2 Å². The molecule has 0 saturated carbocycles. The molecule has 0 atom stereocenters. The minimum Gasteiger partial charge on any atom is -0.396 e. The number of hydrogen-bond acceptors (Lipinski definition) is 1. The fraction of sp³-hybridized carbons (Fsp3) is 0.500. The summed E-state index contributed by atoms with van der Waals surface area (Å²) in [6.07, 6.45) is 6.57. The Balaban J connectivity index is 2.78. The maximum absolute atomic E-state index is 8.23. The van der Waals surface area contributed by atoms with E-state index < -0.39 is 0 Å². The molecule has 0 heterocycles. The van der Waals surface area contributed by atoms with Gasteiger partial charge in [-0.05, 0) is 12.8 Å². The standard InChI is InChI=1S/C6H11O/c1-2-3-4-5-6-7/h2-4,7H,5-6H2,1H3. The van der Waals surface area contributed by atoms with Crippen LogP contribution in [0.5, 0.6) is 0 Å². The predicted molar refractivity (Wildman–Crippen MR) is 30.8 cm³/mol. The summed E-state index contributed by atoms with van der Waals surface area (Å²) in [5, 5.41) is 8.23. The molecule has 0 aliphatic heterocycles. The third-order valence-electron chi connectivity index (χ3n) is 0.624. The van der Waals surface area contributed by atoms with Crippen LogP contribution in [-0.4, -0.2) is 11.7 Å². The van der Waals surface area contributed by atoms with Gasteiger partial charge in [0.2, 0.25) is 0 Å². The van der Waals surface area contributed by atoms with Gasteiger partial charge in [0, 0.05) is 6.61 Å². The zero-order chi connectivity index (χ0) is 5.54. The zero-order valence-corrected chi connectivity index (χ0v) is 4.59. The van der Waals surface area contributed by atoms with Crippen molar-refractivity contribution >= 4 is 0 Å². The highest BCUT2D eigenvalue weighted by molar-refractivity contribution is 4.90.